The Kier molecular flexibility index (Phi) is 10.2. The van der Waals surface area contributed by atoms with Gasteiger partial charge in [0.1, 0.15) is 18.1 Å². The maximum absolute atomic E-state index is 12.2. The molecule has 0 aromatic carbocycles. The highest BCUT2D eigenvalue weighted by molar-refractivity contribution is 5.92. The third-order valence-electron chi connectivity index (χ3n) is 3.44. The van der Waals surface area contributed by atoms with Gasteiger partial charge in [-0.15, -0.1) is 0 Å². The molecule has 0 aliphatic heterocycles. The van der Waals surface area contributed by atoms with Crippen molar-refractivity contribution in [2.24, 2.45) is 22.2 Å². The summed E-state index contributed by atoms with van der Waals surface area (Å²) in [6.45, 7) is 2.72. The van der Waals surface area contributed by atoms with Gasteiger partial charge in [0.25, 0.3) is 0 Å². The van der Waals surface area contributed by atoms with Crippen LogP contribution in [0.1, 0.15) is 26.7 Å². The summed E-state index contributed by atoms with van der Waals surface area (Å²) in [6, 6.07) is -4.01. The van der Waals surface area contributed by atoms with Crippen LogP contribution < -0.4 is 27.8 Å². The van der Waals surface area contributed by atoms with Crippen molar-refractivity contribution in [2.45, 2.75) is 57.0 Å². The van der Waals surface area contributed by atoms with Gasteiger partial charge in [-0.05, 0) is 26.7 Å². The quantitative estimate of drug-likeness (QED) is 0.100. The van der Waals surface area contributed by atoms with E-state index in [0.717, 1.165) is 0 Å². The number of carbonyl (C=O) groups is 3. The molecule has 12 nitrogen and oxygen atoms in total. The maximum Gasteiger partial charge on any atom is 0.326 e. The largest absolute Gasteiger partial charge is 0.480 e. The molecule has 0 rings (SSSR count). The zero-order valence-electron chi connectivity index (χ0n) is 14.8. The van der Waals surface area contributed by atoms with Crippen LogP contribution in [0, 0.1) is 0 Å². The lowest BCUT2D eigenvalue weighted by atomic mass is 10.1. The molecule has 2 amide bonds. The molecule has 0 spiro atoms. The van der Waals surface area contributed by atoms with E-state index in [1.165, 1.54) is 13.8 Å². The molecule has 0 aliphatic rings. The van der Waals surface area contributed by atoms with Gasteiger partial charge in [-0.2, -0.15) is 0 Å². The number of hydrogen-bond donors (Lipinski definition) is 8. The number of aliphatic hydroxyl groups is 2. The Morgan fingerprint density at radius 2 is 1.62 bits per heavy atom. The SMILES string of the molecule is C[C@@H](O)[C@H](N)C(=O)N[C@H](C(=O)N[C@@H](CCCN=C(N)N)C(=O)O)[C@@H](C)O. The first kappa shape index (κ1) is 23.6. The number of carbonyl (C=O) groups excluding carboxylic acids is 2. The molecule has 0 aromatic heterocycles. The minimum atomic E-state index is -1.44. The van der Waals surface area contributed by atoms with E-state index in [-0.39, 0.29) is 25.3 Å². The van der Waals surface area contributed by atoms with Crippen LogP contribution in [0.4, 0.5) is 0 Å². The van der Waals surface area contributed by atoms with Crippen molar-refractivity contribution in [3.8, 4) is 0 Å². The number of aliphatic carboxylic acids is 1. The molecule has 12 heteroatoms. The number of guanidine groups is 1. The number of carboxylic acids is 1. The second-order valence-electron chi connectivity index (χ2n) is 5.84. The Morgan fingerprint density at radius 1 is 1.04 bits per heavy atom. The minimum Gasteiger partial charge on any atom is -0.480 e. The maximum atomic E-state index is 12.2. The van der Waals surface area contributed by atoms with E-state index >= 15 is 0 Å². The average molecular weight is 376 g/mol. The summed E-state index contributed by atoms with van der Waals surface area (Å²) in [6.07, 6.45) is -2.18. The van der Waals surface area contributed by atoms with E-state index in [1.807, 2.05) is 0 Å². The molecule has 0 radical (unpaired) electrons. The molecule has 0 aliphatic carbocycles. The smallest absolute Gasteiger partial charge is 0.326 e. The normalized spacial score (nSPS) is 16.5. The Labute approximate surface area is 150 Å². The molecule has 0 unspecified atom stereocenters. The van der Waals surface area contributed by atoms with Crippen molar-refractivity contribution < 1.29 is 29.7 Å². The first-order chi connectivity index (χ1) is 12.0. The van der Waals surface area contributed by atoms with Crippen LogP contribution in [0.3, 0.4) is 0 Å². The van der Waals surface area contributed by atoms with Crippen LogP contribution in [0.15, 0.2) is 4.99 Å². The van der Waals surface area contributed by atoms with Crippen LogP contribution in [-0.4, -0.2) is 75.9 Å². The Hall–Kier alpha value is -2.44. The molecule has 0 heterocycles. The average Bonchev–Trinajstić information content (AvgIpc) is 2.53. The van der Waals surface area contributed by atoms with Crippen molar-refractivity contribution in [2.75, 3.05) is 6.54 Å². The second kappa shape index (κ2) is 11.2. The van der Waals surface area contributed by atoms with Gasteiger partial charge in [0, 0.05) is 6.54 Å². The number of nitrogens with one attached hydrogen (secondary N) is 2. The van der Waals surface area contributed by atoms with Gasteiger partial charge in [0.2, 0.25) is 11.8 Å². The van der Waals surface area contributed by atoms with E-state index in [1.54, 1.807) is 0 Å². The number of amides is 2. The zero-order valence-corrected chi connectivity index (χ0v) is 14.8. The van der Waals surface area contributed by atoms with Gasteiger partial charge in [-0.25, -0.2) is 4.79 Å². The van der Waals surface area contributed by atoms with Crippen molar-refractivity contribution in [3.05, 3.63) is 0 Å². The number of rotatable bonds is 11. The Morgan fingerprint density at radius 3 is 2.04 bits per heavy atom. The van der Waals surface area contributed by atoms with Gasteiger partial charge in [-0.1, -0.05) is 0 Å². The van der Waals surface area contributed by atoms with Crippen molar-refractivity contribution in [1.82, 2.24) is 10.6 Å². The first-order valence-corrected chi connectivity index (χ1v) is 7.98. The molecule has 0 bridgehead atoms. The number of nitrogens with zero attached hydrogens (tertiary/aromatic N) is 1. The van der Waals surface area contributed by atoms with E-state index in [9.17, 15) is 29.7 Å². The van der Waals surface area contributed by atoms with Crippen molar-refractivity contribution in [1.29, 1.82) is 0 Å². The molecule has 0 aromatic rings. The van der Waals surface area contributed by atoms with Crippen LogP contribution in [0.5, 0.6) is 0 Å². The molecule has 0 saturated heterocycles. The van der Waals surface area contributed by atoms with Gasteiger partial charge in [0.15, 0.2) is 5.96 Å². The van der Waals surface area contributed by atoms with Gasteiger partial charge in [0.05, 0.1) is 12.2 Å². The molecule has 11 N–H and O–H groups in total. The lowest BCUT2D eigenvalue weighted by Gasteiger charge is -2.25. The minimum absolute atomic E-state index is 0.0333. The summed E-state index contributed by atoms with van der Waals surface area (Å²) in [4.78, 5) is 39.1. The standard InChI is InChI=1S/C14H28N6O6/c1-6(21)9(15)11(23)20-10(7(2)22)12(24)19-8(13(25)26)4-3-5-18-14(16)17/h6-10,21-22H,3-5,15H2,1-2H3,(H,19,24)(H,20,23)(H,25,26)(H4,16,17,18)/t6-,7-,8+,9+,10+/m1/s1. The van der Waals surface area contributed by atoms with Crippen molar-refractivity contribution >= 4 is 23.7 Å². The number of carboxylic acid groups (broad SMARTS) is 1. The summed E-state index contributed by atoms with van der Waals surface area (Å²) >= 11 is 0. The summed E-state index contributed by atoms with van der Waals surface area (Å²) in [7, 11) is 0. The fraction of sp³-hybridized carbons (Fsp3) is 0.714. The fourth-order valence-corrected chi connectivity index (χ4v) is 1.90. The van der Waals surface area contributed by atoms with Crippen LogP contribution >= 0.6 is 0 Å². The highest BCUT2D eigenvalue weighted by atomic mass is 16.4. The zero-order chi connectivity index (χ0) is 20.4. The third kappa shape index (κ3) is 8.60. The summed E-state index contributed by atoms with van der Waals surface area (Å²) in [5.74, 6) is -3.19. The predicted molar refractivity (Wildman–Crippen MR) is 92.7 cm³/mol. The number of aliphatic imine (C=N–C) groups is 1. The highest BCUT2D eigenvalue weighted by Crippen LogP contribution is 2.02. The third-order valence-corrected chi connectivity index (χ3v) is 3.44. The predicted octanol–water partition coefficient (Wildman–Crippen LogP) is -3.82. The lowest BCUT2D eigenvalue weighted by molar-refractivity contribution is -0.143. The van der Waals surface area contributed by atoms with E-state index < -0.39 is 48.1 Å². The topological polar surface area (TPSA) is 226 Å². The summed E-state index contributed by atoms with van der Waals surface area (Å²) < 4.78 is 0. The Balaban J connectivity index is 4.90. The van der Waals surface area contributed by atoms with Crippen molar-refractivity contribution in [3.63, 3.8) is 0 Å². The number of hydrogen-bond acceptors (Lipinski definition) is 7. The monoisotopic (exact) mass is 376 g/mol. The van der Waals surface area contributed by atoms with Crippen LogP contribution in [-0.2, 0) is 14.4 Å². The van der Waals surface area contributed by atoms with Gasteiger partial charge >= 0.3 is 5.97 Å². The molecule has 0 fully saturated rings. The molecular weight excluding hydrogens is 348 g/mol. The fourth-order valence-electron chi connectivity index (χ4n) is 1.90. The van der Waals surface area contributed by atoms with Gasteiger partial charge < -0.3 is 43.2 Å². The Bertz CT molecular complexity index is 520. The number of aliphatic hydroxyl groups excluding tert-OH is 2. The van der Waals surface area contributed by atoms with E-state index in [0.29, 0.717) is 0 Å². The first-order valence-electron chi connectivity index (χ1n) is 7.98. The summed E-state index contributed by atoms with van der Waals surface area (Å²) in [5.41, 5.74) is 15.8. The molecular formula is C14H28N6O6. The second-order valence-corrected chi connectivity index (χ2v) is 5.84. The molecule has 5 atom stereocenters. The highest BCUT2D eigenvalue weighted by Gasteiger charge is 2.31. The van der Waals surface area contributed by atoms with Crippen LogP contribution in [0.25, 0.3) is 0 Å². The van der Waals surface area contributed by atoms with Crippen LogP contribution in [0.2, 0.25) is 0 Å². The lowest BCUT2D eigenvalue weighted by Crippen LogP contribution is -2.59. The van der Waals surface area contributed by atoms with E-state index in [4.69, 9.17) is 17.2 Å². The molecule has 0 saturated carbocycles. The summed E-state index contributed by atoms with van der Waals surface area (Å²) in [5, 5.41) is 32.6. The molecule has 26 heavy (non-hydrogen) atoms. The van der Waals surface area contributed by atoms with E-state index in [2.05, 4.69) is 15.6 Å². The number of nitrogens with two attached hydrogens (primary N) is 3. The molecule has 150 valence electrons. The van der Waals surface area contributed by atoms with Gasteiger partial charge in [-0.3, -0.25) is 14.6 Å².